The number of halogens is 2. The van der Waals surface area contributed by atoms with Crippen molar-refractivity contribution in [1.29, 1.82) is 0 Å². The molecule has 0 atom stereocenters. The van der Waals surface area contributed by atoms with Crippen LogP contribution in [0.1, 0.15) is 56.6 Å². The highest BCUT2D eigenvalue weighted by molar-refractivity contribution is 5.28. The summed E-state index contributed by atoms with van der Waals surface area (Å²) in [6.45, 7) is 5.86. The maximum Gasteiger partial charge on any atom is 0.161 e. The molecule has 0 fully saturated rings. The molecule has 0 bridgehead atoms. The van der Waals surface area contributed by atoms with Gasteiger partial charge in [-0.1, -0.05) is 32.8 Å². The molecule has 0 amide bonds. The quantitative estimate of drug-likeness (QED) is 0.666. The Morgan fingerprint density at radius 2 is 1.62 bits per heavy atom. The van der Waals surface area contributed by atoms with Crippen LogP contribution in [0.15, 0.2) is 12.1 Å². The molecule has 0 aliphatic carbocycles. The maximum atomic E-state index is 13.3. The monoisotopic (exact) mass is 226 g/mol. The minimum atomic E-state index is -0.716. The van der Waals surface area contributed by atoms with Gasteiger partial charge in [-0.15, -0.1) is 0 Å². The van der Waals surface area contributed by atoms with Gasteiger partial charge in [-0.3, -0.25) is 0 Å². The first kappa shape index (κ1) is 13.1. The molecule has 0 nitrogen and oxygen atoms in total. The molecule has 0 radical (unpaired) electrons. The minimum absolute atomic E-state index is 0.365. The number of hydrogen-bond donors (Lipinski definition) is 0. The van der Waals surface area contributed by atoms with E-state index in [0.29, 0.717) is 11.5 Å². The van der Waals surface area contributed by atoms with E-state index in [2.05, 4.69) is 13.8 Å². The lowest BCUT2D eigenvalue weighted by molar-refractivity contribution is 0.494. The van der Waals surface area contributed by atoms with E-state index in [0.717, 1.165) is 31.2 Å². The van der Waals surface area contributed by atoms with Gasteiger partial charge in [-0.05, 0) is 42.9 Å². The fraction of sp³-hybridized carbons (Fsp3) is 0.571. The van der Waals surface area contributed by atoms with E-state index in [9.17, 15) is 8.78 Å². The lowest BCUT2D eigenvalue weighted by Crippen LogP contribution is -2.01. The number of aryl methyl sites for hydroxylation is 1. The van der Waals surface area contributed by atoms with Gasteiger partial charge in [0.1, 0.15) is 0 Å². The lowest BCUT2D eigenvalue weighted by Gasteiger charge is -2.16. The van der Waals surface area contributed by atoms with Gasteiger partial charge in [0.05, 0.1) is 0 Å². The SMILES string of the molecule is CCCC(CCC)c1cc(C)c(F)c(F)c1. The summed E-state index contributed by atoms with van der Waals surface area (Å²) in [7, 11) is 0. The first-order valence-electron chi connectivity index (χ1n) is 6.05. The van der Waals surface area contributed by atoms with E-state index < -0.39 is 11.6 Å². The van der Waals surface area contributed by atoms with Gasteiger partial charge >= 0.3 is 0 Å². The zero-order chi connectivity index (χ0) is 12.1. The first-order valence-corrected chi connectivity index (χ1v) is 6.05. The molecule has 0 heterocycles. The predicted octanol–water partition coefficient (Wildman–Crippen LogP) is 4.96. The summed E-state index contributed by atoms with van der Waals surface area (Å²) in [6.07, 6.45) is 4.22. The Morgan fingerprint density at radius 3 is 2.06 bits per heavy atom. The molecule has 0 aliphatic heterocycles. The van der Waals surface area contributed by atoms with Crippen LogP contribution in [0, 0.1) is 18.6 Å². The fourth-order valence-corrected chi connectivity index (χ4v) is 2.16. The van der Waals surface area contributed by atoms with E-state index in [1.807, 2.05) is 0 Å². The second kappa shape index (κ2) is 5.97. The molecule has 0 spiro atoms. The number of hydrogen-bond acceptors (Lipinski definition) is 0. The fourth-order valence-electron chi connectivity index (χ4n) is 2.16. The van der Waals surface area contributed by atoms with Crippen molar-refractivity contribution in [2.24, 2.45) is 0 Å². The van der Waals surface area contributed by atoms with Gasteiger partial charge < -0.3 is 0 Å². The van der Waals surface area contributed by atoms with Gasteiger partial charge in [0.2, 0.25) is 0 Å². The third kappa shape index (κ3) is 3.03. The molecular formula is C14H20F2. The van der Waals surface area contributed by atoms with Gasteiger partial charge in [0.15, 0.2) is 11.6 Å². The Bertz CT molecular complexity index is 316. The van der Waals surface area contributed by atoms with Crippen molar-refractivity contribution in [1.82, 2.24) is 0 Å². The summed E-state index contributed by atoms with van der Waals surface area (Å²) in [5.74, 6) is -1.06. The van der Waals surface area contributed by atoms with E-state index >= 15 is 0 Å². The Balaban J connectivity index is 3.00. The zero-order valence-corrected chi connectivity index (χ0v) is 10.3. The third-order valence-corrected chi connectivity index (χ3v) is 2.98. The van der Waals surface area contributed by atoms with Gasteiger partial charge in [-0.25, -0.2) is 8.78 Å². The van der Waals surface area contributed by atoms with Gasteiger partial charge in [0.25, 0.3) is 0 Å². The molecule has 0 saturated carbocycles. The second-order valence-corrected chi connectivity index (χ2v) is 4.41. The standard InChI is InChI=1S/C14H20F2/c1-4-6-11(7-5-2)12-8-10(3)14(16)13(15)9-12/h8-9,11H,4-7H2,1-3H3. The normalized spacial score (nSPS) is 11.1. The van der Waals surface area contributed by atoms with Crippen LogP contribution in [0.25, 0.3) is 0 Å². The Kier molecular flexibility index (Phi) is 4.91. The van der Waals surface area contributed by atoms with Crippen molar-refractivity contribution in [2.75, 3.05) is 0 Å². The third-order valence-electron chi connectivity index (χ3n) is 2.98. The van der Waals surface area contributed by atoms with Crippen molar-refractivity contribution in [3.63, 3.8) is 0 Å². The van der Waals surface area contributed by atoms with Crippen molar-refractivity contribution >= 4 is 0 Å². The Hall–Kier alpha value is -0.920. The van der Waals surface area contributed by atoms with E-state index in [4.69, 9.17) is 0 Å². The summed E-state index contributed by atoms with van der Waals surface area (Å²) in [5.41, 5.74) is 1.35. The summed E-state index contributed by atoms with van der Waals surface area (Å²) in [6, 6.07) is 3.15. The number of benzene rings is 1. The van der Waals surface area contributed by atoms with Crippen LogP contribution < -0.4 is 0 Å². The van der Waals surface area contributed by atoms with Crippen LogP contribution in [-0.2, 0) is 0 Å². The molecule has 90 valence electrons. The number of rotatable bonds is 5. The van der Waals surface area contributed by atoms with E-state index in [1.54, 1.807) is 13.0 Å². The minimum Gasteiger partial charge on any atom is -0.204 e. The maximum absolute atomic E-state index is 13.3. The molecule has 0 unspecified atom stereocenters. The first-order chi connectivity index (χ1) is 7.60. The zero-order valence-electron chi connectivity index (χ0n) is 10.3. The highest BCUT2D eigenvalue weighted by Gasteiger charge is 2.14. The van der Waals surface area contributed by atoms with Crippen molar-refractivity contribution < 1.29 is 8.78 Å². The van der Waals surface area contributed by atoms with Crippen LogP contribution >= 0.6 is 0 Å². The Morgan fingerprint density at radius 1 is 1.06 bits per heavy atom. The smallest absolute Gasteiger partial charge is 0.161 e. The molecule has 0 aliphatic rings. The largest absolute Gasteiger partial charge is 0.204 e. The lowest BCUT2D eigenvalue weighted by atomic mass is 9.89. The molecule has 1 aromatic rings. The van der Waals surface area contributed by atoms with E-state index in [-0.39, 0.29) is 0 Å². The van der Waals surface area contributed by atoms with Gasteiger partial charge in [0, 0.05) is 0 Å². The molecule has 0 saturated heterocycles. The van der Waals surface area contributed by atoms with Crippen molar-refractivity contribution in [3.05, 3.63) is 34.9 Å². The summed E-state index contributed by atoms with van der Waals surface area (Å²) < 4.78 is 26.5. The average molecular weight is 226 g/mol. The molecular weight excluding hydrogens is 206 g/mol. The van der Waals surface area contributed by atoms with Crippen LogP contribution in [0.4, 0.5) is 8.78 Å². The van der Waals surface area contributed by atoms with Crippen LogP contribution in [-0.4, -0.2) is 0 Å². The predicted molar refractivity (Wildman–Crippen MR) is 63.7 cm³/mol. The molecule has 1 aromatic carbocycles. The summed E-state index contributed by atoms with van der Waals surface area (Å²) in [4.78, 5) is 0. The van der Waals surface area contributed by atoms with Gasteiger partial charge in [-0.2, -0.15) is 0 Å². The van der Waals surface area contributed by atoms with Crippen LogP contribution in [0.2, 0.25) is 0 Å². The molecule has 2 heteroatoms. The summed E-state index contributed by atoms with van der Waals surface area (Å²) in [5, 5.41) is 0. The topological polar surface area (TPSA) is 0 Å². The van der Waals surface area contributed by atoms with Crippen molar-refractivity contribution in [3.8, 4) is 0 Å². The average Bonchev–Trinajstić information content (AvgIpc) is 2.25. The second-order valence-electron chi connectivity index (χ2n) is 4.41. The van der Waals surface area contributed by atoms with Crippen molar-refractivity contribution in [2.45, 2.75) is 52.4 Å². The van der Waals surface area contributed by atoms with E-state index in [1.165, 1.54) is 6.07 Å². The summed E-state index contributed by atoms with van der Waals surface area (Å²) >= 11 is 0. The Labute approximate surface area is 96.7 Å². The highest BCUT2D eigenvalue weighted by Crippen LogP contribution is 2.28. The van der Waals surface area contributed by atoms with Crippen LogP contribution in [0.3, 0.4) is 0 Å². The molecule has 16 heavy (non-hydrogen) atoms. The molecule has 0 N–H and O–H groups in total. The molecule has 1 rings (SSSR count). The van der Waals surface area contributed by atoms with Crippen LogP contribution in [0.5, 0.6) is 0 Å². The highest BCUT2D eigenvalue weighted by atomic mass is 19.2. The molecule has 0 aromatic heterocycles.